The Morgan fingerprint density at radius 3 is 2.22 bits per heavy atom. The van der Waals surface area contributed by atoms with Crippen molar-refractivity contribution in [2.45, 2.75) is 0 Å². The molecule has 6 nitrogen and oxygen atoms in total. The molecule has 0 spiro atoms. The van der Waals surface area contributed by atoms with Crippen molar-refractivity contribution < 1.29 is 19.4 Å². The molecule has 0 radical (unpaired) electrons. The normalized spacial score (nSPS) is 9.78. The maximum Gasteiger partial charge on any atom is 0.337 e. The van der Waals surface area contributed by atoms with Gasteiger partial charge >= 0.3 is 5.97 Å². The van der Waals surface area contributed by atoms with E-state index in [1.165, 1.54) is 18.5 Å². The second-order valence-electron chi connectivity index (χ2n) is 3.33. The minimum absolute atomic E-state index is 0.111. The molecule has 0 aliphatic rings. The van der Waals surface area contributed by atoms with Crippen molar-refractivity contribution in [2.24, 2.45) is 0 Å². The highest BCUT2D eigenvalue weighted by atomic mass is 16.5. The molecule has 0 bridgehead atoms. The first-order chi connectivity index (χ1) is 8.70. The summed E-state index contributed by atoms with van der Waals surface area (Å²) >= 11 is 0. The molecular weight excluding hydrogens is 236 g/mol. The molecule has 0 saturated heterocycles. The van der Waals surface area contributed by atoms with Gasteiger partial charge in [-0.1, -0.05) is 0 Å². The lowest BCUT2D eigenvalue weighted by atomic mass is 10.2. The Labute approximate surface area is 102 Å². The SMILES string of the molecule is O=COc1ccc(-c2ccc(C(=O)O)cn2)nc1. The van der Waals surface area contributed by atoms with Crippen LogP contribution in [0, 0.1) is 0 Å². The largest absolute Gasteiger partial charge is 0.478 e. The number of carbonyl (C=O) groups excluding carboxylic acids is 1. The molecule has 0 aliphatic carbocycles. The number of carbonyl (C=O) groups is 2. The molecule has 2 rings (SSSR count). The van der Waals surface area contributed by atoms with Crippen LogP contribution in [0.5, 0.6) is 5.75 Å². The molecule has 0 atom stereocenters. The minimum atomic E-state index is -1.03. The van der Waals surface area contributed by atoms with E-state index in [9.17, 15) is 9.59 Å². The zero-order valence-corrected chi connectivity index (χ0v) is 9.11. The third kappa shape index (κ3) is 2.49. The van der Waals surface area contributed by atoms with Gasteiger partial charge in [0.2, 0.25) is 0 Å². The molecule has 0 aliphatic heterocycles. The van der Waals surface area contributed by atoms with Crippen molar-refractivity contribution >= 4 is 12.4 Å². The molecule has 0 saturated carbocycles. The van der Waals surface area contributed by atoms with Crippen LogP contribution in [0.15, 0.2) is 36.7 Å². The van der Waals surface area contributed by atoms with Crippen LogP contribution in [-0.4, -0.2) is 27.5 Å². The van der Waals surface area contributed by atoms with Gasteiger partial charge in [-0.25, -0.2) is 4.79 Å². The molecule has 2 aromatic rings. The van der Waals surface area contributed by atoms with Crippen molar-refractivity contribution in [3.05, 3.63) is 42.2 Å². The van der Waals surface area contributed by atoms with Gasteiger partial charge in [-0.2, -0.15) is 0 Å². The van der Waals surface area contributed by atoms with Gasteiger partial charge in [0.25, 0.3) is 6.47 Å². The lowest BCUT2D eigenvalue weighted by molar-refractivity contribution is -0.120. The zero-order chi connectivity index (χ0) is 13.0. The molecule has 90 valence electrons. The van der Waals surface area contributed by atoms with Gasteiger partial charge in [0, 0.05) is 6.20 Å². The summed E-state index contributed by atoms with van der Waals surface area (Å²) in [5, 5.41) is 8.74. The molecule has 1 N–H and O–H groups in total. The van der Waals surface area contributed by atoms with Crippen molar-refractivity contribution in [1.29, 1.82) is 0 Å². The molecule has 18 heavy (non-hydrogen) atoms. The monoisotopic (exact) mass is 244 g/mol. The van der Waals surface area contributed by atoms with E-state index in [0.717, 1.165) is 0 Å². The number of hydrogen-bond acceptors (Lipinski definition) is 5. The summed E-state index contributed by atoms with van der Waals surface area (Å²) in [6.45, 7) is 0.316. The van der Waals surface area contributed by atoms with Gasteiger partial charge in [-0.3, -0.25) is 14.8 Å². The van der Waals surface area contributed by atoms with Crippen molar-refractivity contribution in [1.82, 2.24) is 9.97 Å². The Bertz CT molecular complexity index is 564. The van der Waals surface area contributed by atoms with E-state index in [4.69, 9.17) is 5.11 Å². The average Bonchev–Trinajstić information content (AvgIpc) is 2.40. The van der Waals surface area contributed by atoms with E-state index in [1.54, 1.807) is 18.2 Å². The van der Waals surface area contributed by atoms with E-state index in [0.29, 0.717) is 23.6 Å². The molecule has 0 unspecified atom stereocenters. The van der Waals surface area contributed by atoms with Crippen LogP contribution < -0.4 is 4.74 Å². The van der Waals surface area contributed by atoms with E-state index in [-0.39, 0.29) is 5.56 Å². The first-order valence-electron chi connectivity index (χ1n) is 4.97. The predicted octanol–water partition coefficient (Wildman–Crippen LogP) is 1.38. The molecule has 2 heterocycles. The van der Waals surface area contributed by atoms with Gasteiger partial charge in [-0.15, -0.1) is 0 Å². The smallest absolute Gasteiger partial charge is 0.337 e. The molecule has 0 amide bonds. The number of nitrogens with zero attached hydrogens (tertiary/aromatic N) is 2. The van der Waals surface area contributed by atoms with Crippen LogP contribution in [0.1, 0.15) is 10.4 Å². The number of hydrogen-bond donors (Lipinski definition) is 1. The van der Waals surface area contributed by atoms with E-state index >= 15 is 0 Å². The van der Waals surface area contributed by atoms with Crippen LogP contribution in [-0.2, 0) is 4.79 Å². The number of rotatable bonds is 4. The molecular formula is C12H8N2O4. The number of carboxylic acids is 1. The number of ether oxygens (including phenoxy) is 1. The molecule has 2 aromatic heterocycles. The Balaban J connectivity index is 2.25. The quantitative estimate of drug-likeness (QED) is 0.817. The van der Waals surface area contributed by atoms with E-state index < -0.39 is 5.97 Å². The Hall–Kier alpha value is -2.76. The Kier molecular flexibility index (Phi) is 3.29. The van der Waals surface area contributed by atoms with Crippen LogP contribution in [0.25, 0.3) is 11.4 Å². The van der Waals surface area contributed by atoms with Gasteiger partial charge < -0.3 is 9.84 Å². The second kappa shape index (κ2) is 5.05. The summed E-state index contributed by atoms with van der Waals surface area (Å²) in [6, 6.07) is 6.21. The number of aromatic nitrogens is 2. The summed E-state index contributed by atoms with van der Waals surface area (Å²) in [5.74, 6) is -0.701. The molecule has 0 aromatic carbocycles. The summed E-state index contributed by atoms with van der Waals surface area (Å²) in [5.41, 5.74) is 1.21. The summed E-state index contributed by atoms with van der Waals surface area (Å²) < 4.78 is 4.61. The number of aromatic carboxylic acids is 1. The zero-order valence-electron chi connectivity index (χ0n) is 9.11. The maximum atomic E-state index is 10.7. The summed E-state index contributed by atoms with van der Waals surface area (Å²) in [4.78, 5) is 28.8. The fourth-order valence-corrected chi connectivity index (χ4v) is 1.33. The first kappa shape index (κ1) is 11.7. The third-order valence-electron chi connectivity index (χ3n) is 2.19. The van der Waals surface area contributed by atoms with Gasteiger partial charge in [-0.05, 0) is 24.3 Å². The minimum Gasteiger partial charge on any atom is -0.478 e. The average molecular weight is 244 g/mol. The lowest BCUT2D eigenvalue weighted by Crippen LogP contribution is -1.97. The van der Waals surface area contributed by atoms with E-state index in [2.05, 4.69) is 14.7 Å². The van der Waals surface area contributed by atoms with E-state index in [1.807, 2.05) is 0 Å². The Morgan fingerprint density at radius 2 is 1.78 bits per heavy atom. The van der Waals surface area contributed by atoms with Crippen molar-refractivity contribution in [2.75, 3.05) is 0 Å². The van der Waals surface area contributed by atoms with Crippen LogP contribution in [0.4, 0.5) is 0 Å². The third-order valence-corrected chi connectivity index (χ3v) is 2.19. The van der Waals surface area contributed by atoms with Crippen LogP contribution in [0.3, 0.4) is 0 Å². The van der Waals surface area contributed by atoms with Crippen molar-refractivity contribution in [3.63, 3.8) is 0 Å². The lowest BCUT2D eigenvalue weighted by Gasteiger charge is -2.01. The summed E-state index contributed by atoms with van der Waals surface area (Å²) in [6.07, 6.45) is 2.64. The topological polar surface area (TPSA) is 89.4 Å². The number of pyridine rings is 2. The predicted molar refractivity (Wildman–Crippen MR) is 61.1 cm³/mol. The molecule has 0 fully saturated rings. The van der Waals surface area contributed by atoms with Crippen LogP contribution >= 0.6 is 0 Å². The first-order valence-corrected chi connectivity index (χ1v) is 4.97. The fraction of sp³-hybridized carbons (Fsp3) is 0. The Morgan fingerprint density at radius 1 is 1.11 bits per heavy atom. The highest BCUT2D eigenvalue weighted by molar-refractivity contribution is 5.87. The fourth-order valence-electron chi connectivity index (χ4n) is 1.33. The van der Waals surface area contributed by atoms with Gasteiger partial charge in [0.15, 0.2) is 0 Å². The maximum absolute atomic E-state index is 10.7. The van der Waals surface area contributed by atoms with Crippen LogP contribution in [0.2, 0.25) is 0 Å². The molecule has 6 heteroatoms. The second-order valence-corrected chi connectivity index (χ2v) is 3.33. The van der Waals surface area contributed by atoms with Crippen molar-refractivity contribution in [3.8, 4) is 17.1 Å². The van der Waals surface area contributed by atoms with Gasteiger partial charge in [0.05, 0.1) is 23.1 Å². The highest BCUT2D eigenvalue weighted by Crippen LogP contribution is 2.17. The number of carboxylic acid groups (broad SMARTS) is 1. The standard InChI is InChI=1S/C12H8N2O4/c15-7-18-9-2-4-11(14-6-9)10-3-1-8(5-13-10)12(16)17/h1-7H,(H,16,17). The summed E-state index contributed by atoms with van der Waals surface area (Å²) in [7, 11) is 0. The van der Waals surface area contributed by atoms with Gasteiger partial charge in [0.1, 0.15) is 5.75 Å². The highest BCUT2D eigenvalue weighted by Gasteiger charge is 2.05.